The molecule has 0 spiro atoms. The van der Waals surface area contributed by atoms with Crippen LogP contribution in [0.25, 0.3) is 0 Å². The van der Waals surface area contributed by atoms with Gasteiger partial charge in [-0.1, -0.05) is 24.6 Å². The van der Waals surface area contributed by atoms with Crippen molar-refractivity contribution in [3.05, 3.63) is 69.3 Å². The molecule has 160 valence electrons. The van der Waals surface area contributed by atoms with E-state index < -0.39 is 14.9 Å². The molecule has 0 unspecified atom stereocenters. The van der Waals surface area contributed by atoms with Crippen molar-refractivity contribution in [1.29, 1.82) is 0 Å². The number of carbonyl (C=O) groups is 1. The predicted octanol–water partition coefficient (Wildman–Crippen LogP) is 3.35. The van der Waals surface area contributed by atoms with Crippen molar-refractivity contribution in [3.8, 4) is 0 Å². The lowest BCUT2D eigenvalue weighted by Crippen LogP contribution is -2.35. The number of hydrogen-bond acceptors (Lipinski definition) is 5. The van der Waals surface area contributed by atoms with Crippen molar-refractivity contribution < 1.29 is 18.1 Å². The molecule has 0 saturated carbocycles. The maximum atomic E-state index is 13.0. The molecule has 1 heterocycles. The largest absolute Gasteiger partial charge is 0.337 e. The van der Waals surface area contributed by atoms with Crippen LogP contribution in [0.2, 0.25) is 0 Å². The summed E-state index contributed by atoms with van der Waals surface area (Å²) in [4.78, 5) is 25.1. The first-order valence-electron chi connectivity index (χ1n) is 9.80. The Kier molecular flexibility index (Phi) is 6.52. The van der Waals surface area contributed by atoms with Gasteiger partial charge in [-0.15, -0.1) is 0 Å². The van der Waals surface area contributed by atoms with Crippen LogP contribution in [0.15, 0.2) is 47.4 Å². The van der Waals surface area contributed by atoms with Crippen LogP contribution in [0, 0.1) is 17.0 Å². The third kappa shape index (κ3) is 4.68. The van der Waals surface area contributed by atoms with Gasteiger partial charge in [0.25, 0.3) is 11.6 Å². The highest BCUT2D eigenvalue weighted by Crippen LogP contribution is 2.24. The fourth-order valence-corrected chi connectivity index (χ4v) is 5.11. The second-order valence-electron chi connectivity index (χ2n) is 7.53. The average molecular weight is 432 g/mol. The molecule has 8 nitrogen and oxygen atoms in total. The fourth-order valence-electron chi connectivity index (χ4n) is 3.57. The predicted molar refractivity (Wildman–Crippen MR) is 113 cm³/mol. The summed E-state index contributed by atoms with van der Waals surface area (Å²) in [5.74, 6) is -0.338. The fraction of sp³-hybridized carbons (Fsp3) is 0.381. The van der Waals surface area contributed by atoms with Gasteiger partial charge in [-0.3, -0.25) is 14.9 Å². The van der Waals surface area contributed by atoms with Gasteiger partial charge in [0.2, 0.25) is 10.0 Å². The lowest BCUT2D eigenvalue weighted by Gasteiger charge is -2.26. The Morgan fingerprint density at radius 2 is 1.83 bits per heavy atom. The number of piperidine rings is 1. The maximum Gasteiger partial charge on any atom is 0.269 e. The molecular weight excluding hydrogens is 406 g/mol. The Bertz CT molecular complexity index is 1060. The van der Waals surface area contributed by atoms with Crippen molar-refractivity contribution in [2.45, 2.75) is 37.6 Å². The van der Waals surface area contributed by atoms with Gasteiger partial charge >= 0.3 is 0 Å². The zero-order chi connectivity index (χ0) is 21.9. The molecule has 1 saturated heterocycles. The van der Waals surface area contributed by atoms with E-state index in [1.165, 1.54) is 33.5 Å². The summed E-state index contributed by atoms with van der Waals surface area (Å²) in [6.07, 6.45) is 2.69. The quantitative estimate of drug-likeness (QED) is 0.516. The molecule has 1 aliphatic heterocycles. The minimum absolute atomic E-state index is 0.0425. The van der Waals surface area contributed by atoms with Gasteiger partial charge in [0.05, 0.1) is 9.82 Å². The van der Waals surface area contributed by atoms with Crippen LogP contribution in [0.5, 0.6) is 0 Å². The van der Waals surface area contributed by atoms with Crippen LogP contribution < -0.4 is 0 Å². The molecule has 1 fully saturated rings. The highest BCUT2D eigenvalue weighted by Gasteiger charge is 2.27. The number of nitrogens with zero attached hydrogens (tertiary/aromatic N) is 3. The third-order valence-electron chi connectivity index (χ3n) is 5.28. The number of sulfonamides is 1. The first kappa shape index (κ1) is 21.9. The van der Waals surface area contributed by atoms with Gasteiger partial charge in [-0.25, -0.2) is 8.42 Å². The average Bonchev–Trinajstić information content (AvgIpc) is 2.74. The van der Waals surface area contributed by atoms with Crippen LogP contribution in [-0.4, -0.2) is 48.6 Å². The zero-order valence-corrected chi connectivity index (χ0v) is 17.9. The second-order valence-corrected chi connectivity index (χ2v) is 9.47. The summed E-state index contributed by atoms with van der Waals surface area (Å²) in [6, 6.07) is 10.7. The van der Waals surface area contributed by atoms with Gasteiger partial charge in [0.15, 0.2) is 0 Å². The number of rotatable bonds is 6. The molecule has 0 aliphatic carbocycles. The van der Waals surface area contributed by atoms with Gasteiger partial charge in [-0.2, -0.15) is 4.31 Å². The number of benzene rings is 2. The van der Waals surface area contributed by atoms with E-state index in [4.69, 9.17) is 0 Å². The van der Waals surface area contributed by atoms with Crippen molar-refractivity contribution in [2.24, 2.45) is 0 Å². The van der Waals surface area contributed by atoms with E-state index in [1.54, 1.807) is 32.2 Å². The minimum Gasteiger partial charge on any atom is -0.337 e. The first-order chi connectivity index (χ1) is 14.2. The molecule has 0 atom stereocenters. The number of aryl methyl sites for hydroxylation is 1. The molecular formula is C21H25N3O5S. The second kappa shape index (κ2) is 8.93. The number of nitro groups is 1. The summed E-state index contributed by atoms with van der Waals surface area (Å²) in [5.41, 5.74) is 1.55. The van der Waals surface area contributed by atoms with Crippen molar-refractivity contribution in [3.63, 3.8) is 0 Å². The molecule has 0 radical (unpaired) electrons. The number of nitro benzene ring substituents is 1. The minimum atomic E-state index is -3.65. The van der Waals surface area contributed by atoms with E-state index in [1.807, 2.05) is 0 Å². The van der Waals surface area contributed by atoms with Gasteiger partial charge in [0.1, 0.15) is 0 Å². The van der Waals surface area contributed by atoms with E-state index in [9.17, 15) is 23.3 Å². The number of non-ortho nitro benzene ring substituents is 1. The SMILES string of the molecule is Cc1ccc(S(=O)(=O)N2CCCCC2)cc1C(=O)N(C)Cc1cccc([N+](=O)[O-])c1. The lowest BCUT2D eigenvalue weighted by molar-refractivity contribution is -0.384. The molecule has 0 bridgehead atoms. The zero-order valence-electron chi connectivity index (χ0n) is 17.1. The number of amides is 1. The Morgan fingerprint density at radius 3 is 2.50 bits per heavy atom. The third-order valence-corrected chi connectivity index (χ3v) is 7.17. The monoisotopic (exact) mass is 431 g/mol. The summed E-state index contributed by atoms with van der Waals surface area (Å²) >= 11 is 0. The number of hydrogen-bond donors (Lipinski definition) is 0. The van der Waals surface area contributed by atoms with Gasteiger partial charge < -0.3 is 4.90 Å². The molecule has 3 rings (SSSR count). The van der Waals surface area contributed by atoms with Crippen LogP contribution in [-0.2, 0) is 16.6 Å². The van der Waals surface area contributed by atoms with Crippen LogP contribution >= 0.6 is 0 Å². The molecule has 2 aromatic rings. The Morgan fingerprint density at radius 1 is 1.13 bits per heavy atom. The molecule has 9 heteroatoms. The van der Waals surface area contributed by atoms with Gasteiger partial charge in [-0.05, 0) is 43.0 Å². The van der Waals surface area contributed by atoms with E-state index in [2.05, 4.69) is 0 Å². The summed E-state index contributed by atoms with van der Waals surface area (Å²) < 4.78 is 27.4. The van der Waals surface area contributed by atoms with Crippen molar-refractivity contribution in [2.75, 3.05) is 20.1 Å². The first-order valence-corrected chi connectivity index (χ1v) is 11.2. The van der Waals surface area contributed by atoms with Crippen LogP contribution in [0.3, 0.4) is 0 Å². The summed E-state index contributed by atoms with van der Waals surface area (Å²) in [6.45, 7) is 2.91. The van der Waals surface area contributed by atoms with Crippen LogP contribution in [0.1, 0.15) is 40.7 Å². The van der Waals surface area contributed by atoms with Crippen molar-refractivity contribution >= 4 is 21.6 Å². The molecule has 2 aromatic carbocycles. The lowest BCUT2D eigenvalue weighted by atomic mass is 10.1. The topological polar surface area (TPSA) is 101 Å². The normalized spacial score (nSPS) is 15.0. The summed E-state index contributed by atoms with van der Waals surface area (Å²) in [7, 11) is -2.06. The standard InChI is InChI=1S/C21H25N3O5S/c1-16-9-10-19(30(28,29)23-11-4-3-5-12-23)14-20(16)21(25)22(2)15-17-7-6-8-18(13-17)24(26)27/h6-10,13-14H,3-5,11-12,15H2,1-2H3. The Labute approximate surface area is 176 Å². The number of carbonyl (C=O) groups excluding carboxylic acids is 1. The highest BCUT2D eigenvalue weighted by atomic mass is 32.2. The van der Waals surface area contributed by atoms with E-state index in [-0.39, 0.29) is 23.0 Å². The maximum absolute atomic E-state index is 13.0. The van der Waals surface area contributed by atoms with Gasteiger partial charge in [0, 0.05) is 44.4 Å². The Hall–Kier alpha value is -2.78. The van der Waals surface area contributed by atoms with E-state index in [0.717, 1.165) is 19.3 Å². The van der Waals surface area contributed by atoms with Crippen LogP contribution in [0.4, 0.5) is 5.69 Å². The molecule has 1 aliphatic rings. The summed E-state index contributed by atoms with van der Waals surface area (Å²) in [5, 5.41) is 11.0. The van der Waals surface area contributed by atoms with Crippen molar-refractivity contribution in [1.82, 2.24) is 9.21 Å². The van der Waals surface area contributed by atoms with E-state index >= 15 is 0 Å². The molecule has 0 N–H and O–H groups in total. The van der Waals surface area contributed by atoms with E-state index in [0.29, 0.717) is 29.8 Å². The molecule has 0 aromatic heterocycles. The highest BCUT2D eigenvalue weighted by molar-refractivity contribution is 7.89. The smallest absolute Gasteiger partial charge is 0.269 e. The Balaban J connectivity index is 1.84. The molecule has 1 amide bonds. The molecule has 30 heavy (non-hydrogen) atoms.